The molecule has 0 aliphatic heterocycles. The van der Waals surface area contributed by atoms with E-state index in [1.165, 1.54) is 5.56 Å². The smallest absolute Gasteiger partial charge is 0.0484 e. The Labute approximate surface area is 106 Å². The summed E-state index contributed by atoms with van der Waals surface area (Å²) in [5.41, 5.74) is 3.43. The Morgan fingerprint density at radius 1 is 0.938 bits per heavy atom. The molecule has 2 aromatic carbocycles. The quantitative estimate of drug-likeness (QED) is 0.686. The fraction of sp³-hybridized carbons (Fsp3) is 0.143. The van der Waals surface area contributed by atoms with Crippen LogP contribution < -0.4 is 0 Å². The lowest BCUT2D eigenvalue weighted by molar-refractivity contribution is 1.14. The second kappa shape index (κ2) is 4.90. The summed E-state index contributed by atoms with van der Waals surface area (Å²) >= 11 is 12.2. The molecule has 0 N–H and O–H groups in total. The minimum absolute atomic E-state index is 0.743. The highest BCUT2D eigenvalue weighted by Crippen LogP contribution is 2.32. The van der Waals surface area contributed by atoms with Crippen molar-refractivity contribution in [1.29, 1.82) is 0 Å². The van der Waals surface area contributed by atoms with Gasteiger partial charge < -0.3 is 0 Å². The summed E-state index contributed by atoms with van der Waals surface area (Å²) in [5.74, 6) is 0. The molecule has 0 unspecified atom stereocenters. The molecule has 0 heterocycles. The monoisotopic (exact) mass is 250 g/mol. The topological polar surface area (TPSA) is 0 Å². The fourth-order valence-electron chi connectivity index (χ4n) is 1.79. The highest BCUT2D eigenvalue weighted by molar-refractivity contribution is 6.34. The van der Waals surface area contributed by atoms with Gasteiger partial charge >= 0.3 is 0 Å². The van der Waals surface area contributed by atoms with Gasteiger partial charge in [0.1, 0.15) is 0 Å². The number of hydrogen-bond acceptors (Lipinski definition) is 0. The predicted molar refractivity (Wildman–Crippen MR) is 71.3 cm³/mol. The molecule has 0 spiro atoms. The van der Waals surface area contributed by atoms with Crippen molar-refractivity contribution in [2.24, 2.45) is 0 Å². The molecule has 0 aliphatic rings. The van der Waals surface area contributed by atoms with E-state index < -0.39 is 0 Å². The molecule has 0 aromatic heterocycles. The van der Waals surface area contributed by atoms with Crippen molar-refractivity contribution in [2.45, 2.75) is 13.3 Å². The van der Waals surface area contributed by atoms with Crippen LogP contribution in [0.3, 0.4) is 0 Å². The van der Waals surface area contributed by atoms with Gasteiger partial charge in [-0.1, -0.05) is 54.4 Å². The van der Waals surface area contributed by atoms with Crippen molar-refractivity contribution in [2.75, 3.05) is 0 Å². The normalized spacial score (nSPS) is 10.4. The van der Waals surface area contributed by atoms with Crippen LogP contribution in [0.2, 0.25) is 10.0 Å². The van der Waals surface area contributed by atoms with Crippen LogP contribution in [0, 0.1) is 0 Å². The molecule has 0 atom stereocenters. The molecule has 0 nitrogen and oxygen atoms in total. The summed E-state index contributed by atoms with van der Waals surface area (Å²) in [6, 6.07) is 13.8. The predicted octanol–water partition coefficient (Wildman–Crippen LogP) is 5.22. The molecule has 0 aliphatic carbocycles. The summed E-state index contributed by atoms with van der Waals surface area (Å²) in [7, 11) is 0. The van der Waals surface area contributed by atoms with E-state index in [1.807, 2.05) is 36.4 Å². The molecule has 2 heteroatoms. The maximum Gasteiger partial charge on any atom is 0.0484 e. The molecular formula is C14H12Cl2. The Kier molecular flexibility index (Phi) is 3.52. The average Bonchev–Trinajstić information content (AvgIpc) is 2.29. The van der Waals surface area contributed by atoms with Gasteiger partial charge in [-0.15, -0.1) is 0 Å². The van der Waals surface area contributed by atoms with E-state index in [0.717, 1.165) is 27.6 Å². The SMILES string of the molecule is CCc1ccc(Cl)cc1-c1ccccc1Cl. The van der Waals surface area contributed by atoms with Crippen molar-refractivity contribution in [3.8, 4) is 11.1 Å². The van der Waals surface area contributed by atoms with Crippen molar-refractivity contribution in [1.82, 2.24) is 0 Å². The second-order valence-electron chi connectivity index (χ2n) is 3.63. The van der Waals surface area contributed by atoms with Gasteiger partial charge in [0.05, 0.1) is 0 Å². The van der Waals surface area contributed by atoms with Crippen molar-refractivity contribution in [3.05, 3.63) is 58.1 Å². The van der Waals surface area contributed by atoms with E-state index in [2.05, 4.69) is 13.0 Å². The van der Waals surface area contributed by atoms with Gasteiger partial charge in [-0.25, -0.2) is 0 Å². The first-order valence-corrected chi connectivity index (χ1v) is 6.01. The van der Waals surface area contributed by atoms with Crippen LogP contribution in [0.15, 0.2) is 42.5 Å². The van der Waals surface area contributed by atoms with Gasteiger partial charge in [-0.3, -0.25) is 0 Å². The summed E-state index contributed by atoms with van der Waals surface area (Å²) in [6.45, 7) is 2.13. The van der Waals surface area contributed by atoms with Crippen molar-refractivity contribution < 1.29 is 0 Å². The molecule has 0 fully saturated rings. The van der Waals surface area contributed by atoms with Gasteiger partial charge in [0, 0.05) is 15.6 Å². The largest absolute Gasteiger partial charge is 0.0843 e. The molecule has 2 rings (SSSR count). The Morgan fingerprint density at radius 3 is 2.38 bits per heavy atom. The molecule has 16 heavy (non-hydrogen) atoms. The van der Waals surface area contributed by atoms with E-state index in [1.54, 1.807) is 0 Å². The summed E-state index contributed by atoms with van der Waals surface area (Å²) in [4.78, 5) is 0. The summed E-state index contributed by atoms with van der Waals surface area (Å²) in [6.07, 6.45) is 0.970. The minimum Gasteiger partial charge on any atom is -0.0843 e. The average molecular weight is 251 g/mol. The van der Waals surface area contributed by atoms with Crippen LogP contribution in [-0.2, 0) is 6.42 Å². The number of benzene rings is 2. The molecule has 82 valence electrons. The zero-order valence-corrected chi connectivity index (χ0v) is 10.5. The minimum atomic E-state index is 0.743. The van der Waals surface area contributed by atoms with Crippen LogP contribution in [0.1, 0.15) is 12.5 Å². The Morgan fingerprint density at radius 2 is 1.69 bits per heavy atom. The Bertz CT molecular complexity index is 504. The van der Waals surface area contributed by atoms with Gasteiger partial charge in [0.15, 0.2) is 0 Å². The highest BCUT2D eigenvalue weighted by Gasteiger charge is 2.07. The lowest BCUT2D eigenvalue weighted by Gasteiger charge is -2.10. The molecule has 0 saturated heterocycles. The molecule has 2 aromatic rings. The molecule has 0 radical (unpaired) electrons. The van der Waals surface area contributed by atoms with Crippen LogP contribution in [0.4, 0.5) is 0 Å². The third-order valence-corrected chi connectivity index (χ3v) is 3.18. The van der Waals surface area contributed by atoms with E-state index >= 15 is 0 Å². The number of rotatable bonds is 2. The van der Waals surface area contributed by atoms with E-state index in [9.17, 15) is 0 Å². The van der Waals surface area contributed by atoms with Crippen LogP contribution in [0.25, 0.3) is 11.1 Å². The summed E-state index contributed by atoms with van der Waals surface area (Å²) in [5, 5.41) is 1.51. The third-order valence-electron chi connectivity index (χ3n) is 2.62. The van der Waals surface area contributed by atoms with Gasteiger partial charge in [-0.05, 0) is 35.7 Å². The van der Waals surface area contributed by atoms with Crippen molar-refractivity contribution >= 4 is 23.2 Å². The standard InChI is InChI=1S/C14H12Cl2/c1-2-10-7-8-11(15)9-13(10)12-5-3-4-6-14(12)16/h3-9H,2H2,1H3. The molecule has 0 saturated carbocycles. The van der Waals surface area contributed by atoms with Crippen LogP contribution >= 0.6 is 23.2 Å². The lowest BCUT2D eigenvalue weighted by Crippen LogP contribution is -1.88. The molecule has 0 bridgehead atoms. The Hall–Kier alpha value is -0.980. The first kappa shape index (κ1) is 11.5. The zero-order valence-electron chi connectivity index (χ0n) is 9.00. The highest BCUT2D eigenvalue weighted by atomic mass is 35.5. The maximum atomic E-state index is 6.20. The number of hydrogen-bond donors (Lipinski definition) is 0. The van der Waals surface area contributed by atoms with Gasteiger partial charge in [0.2, 0.25) is 0 Å². The van der Waals surface area contributed by atoms with E-state index in [-0.39, 0.29) is 0 Å². The fourth-order valence-corrected chi connectivity index (χ4v) is 2.20. The van der Waals surface area contributed by atoms with Crippen molar-refractivity contribution in [3.63, 3.8) is 0 Å². The van der Waals surface area contributed by atoms with Gasteiger partial charge in [0.25, 0.3) is 0 Å². The Balaban J connectivity index is 2.63. The van der Waals surface area contributed by atoms with Crippen LogP contribution in [-0.4, -0.2) is 0 Å². The maximum absolute atomic E-state index is 6.20. The second-order valence-corrected chi connectivity index (χ2v) is 4.48. The third kappa shape index (κ3) is 2.23. The summed E-state index contributed by atoms with van der Waals surface area (Å²) < 4.78 is 0. The first-order chi connectivity index (χ1) is 7.72. The first-order valence-electron chi connectivity index (χ1n) is 5.25. The van der Waals surface area contributed by atoms with E-state index in [4.69, 9.17) is 23.2 Å². The van der Waals surface area contributed by atoms with Gasteiger partial charge in [-0.2, -0.15) is 0 Å². The van der Waals surface area contributed by atoms with E-state index in [0.29, 0.717) is 0 Å². The zero-order chi connectivity index (χ0) is 11.5. The van der Waals surface area contributed by atoms with Crippen LogP contribution in [0.5, 0.6) is 0 Å². The number of halogens is 2. The lowest BCUT2D eigenvalue weighted by atomic mass is 9.98. The molecular weight excluding hydrogens is 239 g/mol. The number of aryl methyl sites for hydroxylation is 1. The molecule has 0 amide bonds.